The summed E-state index contributed by atoms with van der Waals surface area (Å²) >= 11 is 0. The molecule has 0 amide bonds. The van der Waals surface area contributed by atoms with E-state index in [1.54, 1.807) is 0 Å². The summed E-state index contributed by atoms with van der Waals surface area (Å²) in [7, 11) is 0. The van der Waals surface area contributed by atoms with Gasteiger partial charge in [0.2, 0.25) is 0 Å². The molecular formula is C17H20O2. The second kappa shape index (κ2) is 5.43. The van der Waals surface area contributed by atoms with Crippen LogP contribution in [-0.2, 0) is 11.2 Å². The van der Waals surface area contributed by atoms with Gasteiger partial charge in [0, 0.05) is 0 Å². The van der Waals surface area contributed by atoms with Gasteiger partial charge < -0.3 is 4.74 Å². The van der Waals surface area contributed by atoms with Crippen LogP contribution in [0, 0.1) is 0 Å². The number of rotatable bonds is 3. The Bertz CT molecular complexity index is 513. The Hall–Kier alpha value is -1.83. The molecule has 0 fully saturated rings. The van der Waals surface area contributed by atoms with Crippen LogP contribution in [0.25, 0.3) is 0 Å². The Morgan fingerprint density at radius 1 is 1.21 bits per heavy atom. The molecule has 0 unspecified atom stereocenters. The molecule has 0 aliphatic heterocycles. The van der Waals surface area contributed by atoms with E-state index in [-0.39, 0.29) is 5.97 Å². The van der Waals surface area contributed by atoms with Gasteiger partial charge in [0.05, 0.1) is 5.56 Å². The van der Waals surface area contributed by atoms with Crippen LogP contribution in [0.5, 0.6) is 0 Å². The first kappa shape index (κ1) is 13.6. The average Bonchev–Trinajstić information content (AvgIpc) is 2.80. The summed E-state index contributed by atoms with van der Waals surface area (Å²) < 4.78 is 5.34. The third-order valence-corrected chi connectivity index (χ3v) is 2.84. The molecule has 0 saturated carbocycles. The van der Waals surface area contributed by atoms with Crippen molar-refractivity contribution in [1.82, 2.24) is 0 Å². The monoisotopic (exact) mass is 256 g/mol. The zero-order valence-electron chi connectivity index (χ0n) is 11.8. The van der Waals surface area contributed by atoms with Crippen molar-refractivity contribution in [3.8, 4) is 0 Å². The Morgan fingerprint density at radius 3 is 2.42 bits per heavy atom. The number of carbonyl (C=O) groups is 1. The SMILES string of the molecule is CC(C)(C)OC(=O)c1ccc(CC2=CCC=C2)cc1. The molecule has 1 aliphatic carbocycles. The summed E-state index contributed by atoms with van der Waals surface area (Å²) in [6, 6.07) is 7.66. The average molecular weight is 256 g/mol. The molecule has 0 heterocycles. The molecule has 0 aromatic heterocycles. The van der Waals surface area contributed by atoms with E-state index < -0.39 is 5.60 Å². The molecule has 0 bridgehead atoms. The zero-order chi connectivity index (χ0) is 13.9. The summed E-state index contributed by atoms with van der Waals surface area (Å²) in [4.78, 5) is 11.9. The molecule has 0 N–H and O–H groups in total. The fourth-order valence-corrected chi connectivity index (χ4v) is 1.97. The first-order valence-electron chi connectivity index (χ1n) is 6.62. The standard InChI is InChI=1S/C17H20O2/c1-17(2,3)19-16(18)15-10-8-14(9-11-15)12-13-6-4-5-7-13/h4,6-11H,5,12H2,1-3H3. The van der Waals surface area contributed by atoms with E-state index in [9.17, 15) is 4.79 Å². The summed E-state index contributed by atoms with van der Waals surface area (Å²) in [6.45, 7) is 5.62. The van der Waals surface area contributed by atoms with E-state index in [0.717, 1.165) is 12.8 Å². The topological polar surface area (TPSA) is 26.3 Å². The van der Waals surface area contributed by atoms with E-state index in [4.69, 9.17) is 4.74 Å². The van der Waals surface area contributed by atoms with Crippen LogP contribution in [0.2, 0.25) is 0 Å². The number of ether oxygens (including phenoxy) is 1. The van der Waals surface area contributed by atoms with Crippen molar-refractivity contribution in [2.45, 2.75) is 39.2 Å². The minimum absolute atomic E-state index is 0.265. The van der Waals surface area contributed by atoms with Crippen LogP contribution in [0.4, 0.5) is 0 Å². The van der Waals surface area contributed by atoms with Gasteiger partial charge in [-0.1, -0.05) is 30.4 Å². The molecule has 1 aliphatic rings. The molecule has 0 atom stereocenters. The lowest BCUT2D eigenvalue weighted by atomic mass is 10.0. The smallest absolute Gasteiger partial charge is 0.338 e. The van der Waals surface area contributed by atoms with Gasteiger partial charge in [-0.05, 0) is 56.9 Å². The lowest BCUT2D eigenvalue weighted by Crippen LogP contribution is -2.23. The molecule has 1 aromatic carbocycles. The maximum atomic E-state index is 11.9. The van der Waals surface area contributed by atoms with Crippen LogP contribution < -0.4 is 0 Å². The molecule has 2 heteroatoms. The molecular weight excluding hydrogens is 236 g/mol. The Kier molecular flexibility index (Phi) is 3.89. The Balaban J connectivity index is 2.02. The predicted molar refractivity (Wildman–Crippen MR) is 77.2 cm³/mol. The highest BCUT2D eigenvalue weighted by Gasteiger charge is 2.17. The van der Waals surface area contributed by atoms with E-state index in [1.165, 1.54) is 11.1 Å². The van der Waals surface area contributed by atoms with E-state index in [1.807, 2.05) is 45.0 Å². The van der Waals surface area contributed by atoms with Gasteiger partial charge in [-0.15, -0.1) is 0 Å². The first-order valence-corrected chi connectivity index (χ1v) is 6.62. The first-order chi connectivity index (χ1) is 8.94. The van der Waals surface area contributed by atoms with Crippen LogP contribution >= 0.6 is 0 Å². The number of allylic oxidation sites excluding steroid dienone is 4. The highest BCUT2D eigenvalue weighted by Crippen LogP contribution is 2.17. The zero-order valence-corrected chi connectivity index (χ0v) is 11.8. The van der Waals surface area contributed by atoms with Crippen molar-refractivity contribution < 1.29 is 9.53 Å². The van der Waals surface area contributed by atoms with Crippen LogP contribution in [0.1, 0.15) is 43.1 Å². The van der Waals surface area contributed by atoms with E-state index in [2.05, 4.69) is 18.2 Å². The maximum Gasteiger partial charge on any atom is 0.338 e. The summed E-state index contributed by atoms with van der Waals surface area (Å²) in [5.74, 6) is -0.265. The van der Waals surface area contributed by atoms with Crippen LogP contribution in [-0.4, -0.2) is 11.6 Å². The quantitative estimate of drug-likeness (QED) is 0.762. The summed E-state index contributed by atoms with van der Waals surface area (Å²) in [5, 5.41) is 0. The van der Waals surface area contributed by atoms with Crippen molar-refractivity contribution in [3.63, 3.8) is 0 Å². The number of carbonyl (C=O) groups excluding carboxylic acids is 1. The van der Waals surface area contributed by atoms with Crippen LogP contribution in [0.3, 0.4) is 0 Å². The highest BCUT2D eigenvalue weighted by molar-refractivity contribution is 5.89. The van der Waals surface area contributed by atoms with Crippen molar-refractivity contribution in [2.75, 3.05) is 0 Å². The van der Waals surface area contributed by atoms with Gasteiger partial charge in [-0.3, -0.25) is 0 Å². The Labute approximate surface area is 114 Å². The highest BCUT2D eigenvalue weighted by atomic mass is 16.6. The van der Waals surface area contributed by atoms with Gasteiger partial charge in [0.25, 0.3) is 0 Å². The molecule has 1 aromatic rings. The van der Waals surface area contributed by atoms with Crippen molar-refractivity contribution in [2.24, 2.45) is 0 Å². The largest absolute Gasteiger partial charge is 0.456 e. The van der Waals surface area contributed by atoms with E-state index in [0.29, 0.717) is 5.56 Å². The molecule has 0 spiro atoms. The second-order valence-corrected chi connectivity index (χ2v) is 5.79. The third kappa shape index (κ3) is 4.09. The predicted octanol–water partition coefficient (Wildman–Crippen LogP) is 4.07. The fraction of sp³-hybridized carbons (Fsp3) is 0.353. The lowest BCUT2D eigenvalue weighted by Gasteiger charge is -2.19. The molecule has 0 radical (unpaired) electrons. The summed E-state index contributed by atoms with van der Waals surface area (Å²) in [6.07, 6.45) is 8.49. The fourth-order valence-electron chi connectivity index (χ4n) is 1.97. The van der Waals surface area contributed by atoms with Crippen LogP contribution in [0.15, 0.2) is 48.1 Å². The lowest BCUT2D eigenvalue weighted by molar-refractivity contribution is 0.00695. The van der Waals surface area contributed by atoms with Crippen molar-refractivity contribution in [1.29, 1.82) is 0 Å². The molecule has 2 nitrogen and oxygen atoms in total. The number of esters is 1. The van der Waals surface area contributed by atoms with Gasteiger partial charge in [-0.25, -0.2) is 4.79 Å². The maximum absolute atomic E-state index is 11.9. The minimum Gasteiger partial charge on any atom is -0.456 e. The molecule has 19 heavy (non-hydrogen) atoms. The van der Waals surface area contributed by atoms with Gasteiger partial charge in [-0.2, -0.15) is 0 Å². The van der Waals surface area contributed by atoms with E-state index >= 15 is 0 Å². The normalized spacial score (nSPS) is 14.4. The molecule has 100 valence electrons. The molecule has 2 rings (SSSR count). The number of hydrogen-bond donors (Lipinski definition) is 0. The Morgan fingerprint density at radius 2 is 1.89 bits per heavy atom. The molecule has 0 saturated heterocycles. The van der Waals surface area contributed by atoms with Gasteiger partial charge >= 0.3 is 5.97 Å². The number of hydrogen-bond acceptors (Lipinski definition) is 2. The summed E-state index contributed by atoms with van der Waals surface area (Å²) in [5.41, 5.74) is 2.71. The number of benzene rings is 1. The van der Waals surface area contributed by atoms with Gasteiger partial charge in [0.15, 0.2) is 0 Å². The second-order valence-electron chi connectivity index (χ2n) is 5.79. The van der Waals surface area contributed by atoms with Crippen molar-refractivity contribution in [3.05, 3.63) is 59.2 Å². The van der Waals surface area contributed by atoms with Crippen molar-refractivity contribution >= 4 is 5.97 Å². The van der Waals surface area contributed by atoms with Gasteiger partial charge in [0.1, 0.15) is 5.60 Å². The minimum atomic E-state index is -0.449. The third-order valence-electron chi connectivity index (χ3n) is 2.84.